The summed E-state index contributed by atoms with van der Waals surface area (Å²) in [6.07, 6.45) is 1.15. The minimum Gasteiger partial charge on any atom is -0.504 e. The van der Waals surface area contributed by atoms with Crippen molar-refractivity contribution in [2.75, 3.05) is 18.2 Å². The number of rotatable bonds is 3. The minimum atomic E-state index is -0.489. The van der Waals surface area contributed by atoms with Gasteiger partial charge in [-0.15, -0.1) is 16.4 Å². The van der Waals surface area contributed by atoms with Gasteiger partial charge in [0, 0.05) is 28.5 Å². The summed E-state index contributed by atoms with van der Waals surface area (Å²) < 4.78 is 6.89. The molecule has 2 aromatic heterocycles. The van der Waals surface area contributed by atoms with Gasteiger partial charge in [0.15, 0.2) is 17.3 Å². The minimum absolute atomic E-state index is 0.0328. The van der Waals surface area contributed by atoms with E-state index in [0.29, 0.717) is 30.1 Å². The third-order valence-electron chi connectivity index (χ3n) is 5.40. The first-order valence-corrected chi connectivity index (χ1v) is 10.1. The molecule has 2 aliphatic rings. The summed E-state index contributed by atoms with van der Waals surface area (Å²) in [6.45, 7) is 0. The standard InChI is InChI=1S/C20H19N5O3S/c1-28-15-9-10(4-5-13(15)26)18-17-12(22-20-23-19(21)24-25(18)20)7-11(8-14(17)27)16-3-2-6-29-16/h2-6,9,11,18,26H,7-8H2,1H3,(H3,21,22,23,24)/t11-,18-/m1/s1. The van der Waals surface area contributed by atoms with Crippen LogP contribution in [0.25, 0.3) is 0 Å². The van der Waals surface area contributed by atoms with Crippen molar-refractivity contribution in [1.82, 2.24) is 14.8 Å². The lowest BCUT2D eigenvalue weighted by molar-refractivity contribution is -0.116. The molecule has 0 saturated carbocycles. The number of methoxy groups -OCH3 is 1. The van der Waals surface area contributed by atoms with Crippen molar-refractivity contribution in [2.24, 2.45) is 0 Å². The Labute approximate surface area is 170 Å². The summed E-state index contributed by atoms with van der Waals surface area (Å²) in [4.78, 5) is 18.8. The molecular formula is C20H19N5O3S. The molecule has 29 heavy (non-hydrogen) atoms. The number of hydrogen-bond donors (Lipinski definition) is 3. The highest BCUT2D eigenvalue weighted by Crippen LogP contribution is 2.45. The predicted molar refractivity (Wildman–Crippen MR) is 109 cm³/mol. The van der Waals surface area contributed by atoms with Gasteiger partial charge in [-0.2, -0.15) is 4.98 Å². The Morgan fingerprint density at radius 3 is 2.97 bits per heavy atom. The Bertz CT molecular complexity index is 1140. The molecule has 0 amide bonds. The number of Topliss-reactive ketones (excluding diaryl/α,β-unsaturated/α-hetero) is 1. The Kier molecular flexibility index (Phi) is 4.06. The second-order valence-electron chi connectivity index (χ2n) is 7.13. The number of aromatic hydroxyl groups is 1. The smallest absolute Gasteiger partial charge is 0.241 e. The van der Waals surface area contributed by atoms with Gasteiger partial charge in [-0.05, 0) is 35.6 Å². The molecule has 1 aromatic carbocycles. The predicted octanol–water partition coefficient (Wildman–Crippen LogP) is 3.05. The normalized spacial score (nSPS) is 20.8. The van der Waals surface area contributed by atoms with Crippen LogP contribution in [0, 0.1) is 0 Å². The topological polar surface area (TPSA) is 115 Å². The molecule has 4 N–H and O–H groups in total. The molecule has 0 radical (unpaired) electrons. The lowest BCUT2D eigenvalue weighted by Crippen LogP contribution is -2.33. The number of aromatic nitrogens is 3. The van der Waals surface area contributed by atoms with Crippen LogP contribution in [-0.2, 0) is 4.79 Å². The summed E-state index contributed by atoms with van der Waals surface area (Å²) in [7, 11) is 1.49. The Hall–Kier alpha value is -3.33. The van der Waals surface area contributed by atoms with Crippen LogP contribution in [0.1, 0.15) is 35.2 Å². The van der Waals surface area contributed by atoms with E-state index in [-0.39, 0.29) is 23.4 Å². The van der Waals surface area contributed by atoms with Gasteiger partial charge in [-0.25, -0.2) is 4.68 Å². The molecule has 1 aliphatic carbocycles. The first-order chi connectivity index (χ1) is 14.0. The van der Waals surface area contributed by atoms with E-state index in [2.05, 4.69) is 21.5 Å². The van der Waals surface area contributed by atoms with E-state index >= 15 is 0 Å². The molecule has 0 saturated heterocycles. The molecule has 0 bridgehead atoms. The highest BCUT2D eigenvalue weighted by atomic mass is 32.1. The number of thiophene rings is 1. The lowest BCUT2D eigenvalue weighted by atomic mass is 9.80. The number of ether oxygens (including phenoxy) is 1. The van der Waals surface area contributed by atoms with Crippen LogP contribution in [0.2, 0.25) is 0 Å². The third kappa shape index (κ3) is 2.85. The molecule has 8 nitrogen and oxygen atoms in total. The number of fused-ring (bicyclic) bond motifs is 1. The first-order valence-electron chi connectivity index (χ1n) is 9.20. The number of benzene rings is 1. The average Bonchev–Trinajstić information content (AvgIpc) is 3.35. The Morgan fingerprint density at radius 1 is 1.34 bits per heavy atom. The second-order valence-corrected chi connectivity index (χ2v) is 8.11. The fourth-order valence-corrected chi connectivity index (χ4v) is 4.96. The maximum Gasteiger partial charge on any atom is 0.241 e. The molecule has 3 aromatic rings. The first kappa shape index (κ1) is 17.7. The number of ketones is 1. The Morgan fingerprint density at radius 2 is 2.21 bits per heavy atom. The van der Waals surface area contributed by atoms with E-state index in [0.717, 1.165) is 11.3 Å². The number of anilines is 2. The molecule has 5 rings (SSSR count). The van der Waals surface area contributed by atoms with Crippen LogP contribution in [-0.4, -0.2) is 32.8 Å². The average molecular weight is 409 g/mol. The lowest BCUT2D eigenvalue weighted by Gasteiger charge is -2.34. The number of nitrogens with two attached hydrogens (primary N) is 1. The van der Waals surface area contributed by atoms with E-state index in [1.807, 2.05) is 11.4 Å². The van der Waals surface area contributed by atoms with Crippen LogP contribution in [0.4, 0.5) is 11.9 Å². The van der Waals surface area contributed by atoms with Crippen molar-refractivity contribution >= 4 is 29.0 Å². The summed E-state index contributed by atoms with van der Waals surface area (Å²) in [5, 5.41) is 19.6. The molecule has 0 spiro atoms. The Balaban J connectivity index is 1.64. The SMILES string of the molecule is COc1cc([C@@H]2C3=C(C[C@@H](c4cccs4)CC3=O)Nc3nc(N)nn32)ccc1O. The summed E-state index contributed by atoms with van der Waals surface area (Å²) in [5.41, 5.74) is 8.12. The number of carbonyl (C=O) groups is 1. The molecule has 3 heterocycles. The van der Waals surface area contributed by atoms with Gasteiger partial charge in [-0.1, -0.05) is 12.1 Å². The summed E-state index contributed by atoms with van der Waals surface area (Å²) in [6, 6.07) is 8.62. The number of allylic oxidation sites excluding steroid dienone is 2. The van der Waals surface area contributed by atoms with Crippen LogP contribution in [0.15, 0.2) is 47.0 Å². The summed E-state index contributed by atoms with van der Waals surface area (Å²) >= 11 is 1.66. The van der Waals surface area contributed by atoms with Gasteiger partial charge in [0.25, 0.3) is 0 Å². The van der Waals surface area contributed by atoms with Gasteiger partial charge in [0.2, 0.25) is 11.9 Å². The zero-order valence-corrected chi connectivity index (χ0v) is 16.4. The highest BCUT2D eigenvalue weighted by Gasteiger charge is 2.40. The van der Waals surface area contributed by atoms with Gasteiger partial charge in [0.1, 0.15) is 6.04 Å². The number of phenols is 1. The van der Waals surface area contributed by atoms with Crippen LogP contribution < -0.4 is 15.8 Å². The molecular weight excluding hydrogens is 390 g/mol. The van der Waals surface area contributed by atoms with Crippen molar-refractivity contribution in [1.29, 1.82) is 0 Å². The van der Waals surface area contributed by atoms with Gasteiger partial charge < -0.3 is 20.9 Å². The number of nitrogens with one attached hydrogen (secondary N) is 1. The zero-order chi connectivity index (χ0) is 20.1. The van der Waals surface area contributed by atoms with Crippen molar-refractivity contribution < 1.29 is 14.6 Å². The van der Waals surface area contributed by atoms with Crippen molar-refractivity contribution in [3.8, 4) is 11.5 Å². The van der Waals surface area contributed by atoms with E-state index < -0.39 is 6.04 Å². The quantitative estimate of drug-likeness (QED) is 0.609. The molecule has 9 heteroatoms. The molecule has 0 fully saturated rings. The highest BCUT2D eigenvalue weighted by molar-refractivity contribution is 7.10. The molecule has 0 unspecified atom stereocenters. The van der Waals surface area contributed by atoms with E-state index in [1.54, 1.807) is 34.2 Å². The maximum atomic E-state index is 13.3. The fraction of sp³-hybridized carbons (Fsp3) is 0.250. The van der Waals surface area contributed by atoms with Crippen molar-refractivity contribution in [3.05, 3.63) is 57.4 Å². The third-order valence-corrected chi connectivity index (χ3v) is 6.44. The van der Waals surface area contributed by atoms with E-state index in [1.165, 1.54) is 12.0 Å². The fourth-order valence-electron chi connectivity index (χ4n) is 4.13. The van der Waals surface area contributed by atoms with Crippen molar-refractivity contribution in [2.45, 2.75) is 24.8 Å². The van der Waals surface area contributed by atoms with Gasteiger partial charge in [0.05, 0.1) is 7.11 Å². The zero-order valence-electron chi connectivity index (χ0n) is 15.6. The number of carbonyl (C=O) groups excluding carboxylic acids is 1. The molecule has 2 atom stereocenters. The van der Waals surface area contributed by atoms with Crippen molar-refractivity contribution in [3.63, 3.8) is 0 Å². The van der Waals surface area contributed by atoms with E-state index in [4.69, 9.17) is 10.5 Å². The van der Waals surface area contributed by atoms with Crippen LogP contribution in [0.5, 0.6) is 11.5 Å². The number of nitrogens with zero attached hydrogens (tertiary/aromatic N) is 3. The number of nitrogen functional groups attached to an aromatic ring is 1. The largest absolute Gasteiger partial charge is 0.504 e. The molecule has 1 aliphatic heterocycles. The van der Waals surface area contributed by atoms with Gasteiger partial charge >= 0.3 is 0 Å². The van der Waals surface area contributed by atoms with Crippen LogP contribution >= 0.6 is 11.3 Å². The van der Waals surface area contributed by atoms with Gasteiger partial charge in [-0.3, -0.25) is 4.79 Å². The maximum absolute atomic E-state index is 13.3. The monoisotopic (exact) mass is 409 g/mol. The van der Waals surface area contributed by atoms with Crippen LogP contribution in [0.3, 0.4) is 0 Å². The van der Waals surface area contributed by atoms with E-state index in [9.17, 15) is 9.90 Å². The number of phenolic OH excluding ortho intramolecular Hbond substituents is 1. The second kappa shape index (κ2) is 6.63. The molecule has 148 valence electrons. The number of hydrogen-bond acceptors (Lipinski definition) is 8. The summed E-state index contributed by atoms with van der Waals surface area (Å²) in [5.74, 6) is 1.19.